The summed E-state index contributed by atoms with van der Waals surface area (Å²) in [6, 6.07) is 17.9. The monoisotopic (exact) mass is 546 g/mol. The first-order chi connectivity index (χ1) is 19.5. The zero-order chi connectivity index (χ0) is 27.2. The number of pyridine rings is 2. The Morgan fingerprint density at radius 1 is 1.00 bits per heavy atom. The summed E-state index contributed by atoms with van der Waals surface area (Å²) in [5.74, 6) is 0.217. The van der Waals surface area contributed by atoms with Crippen LogP contribution in [0.15, 0.2) is 67.0 Å². The number of amides is 1. The number of thiophene rings is 1. The van der Waals surface area contributed by atoms with Gasteiger partial charge in [0.05, 0.1) is 33.7 Å². The zero-order valence-corrected chi connectivity index (χ0v) is 22.6. The molecule has 5 heterocycles. The molecule has 5 aromatic heterocycles. The molecular weight excluding hydrogens is 520 g/mol. The molecule has 1 aliphatic carbocycles. The molecule has 6 aromatic rings. The van der Waals surface area contributed by atoms with Gasteiger partial charge in [0.15, 0.2) is 5.78 Å². The summed E-state index contributed by atoms with van der Waals surface area (Å²) in [4.78, 5) is 39.1. The van der Waals surface area contributed by atoms with Gasteiger partial charge in [0.2, 0.25) is 5.91 Å². The summed E-state index contributed by atoms with van der Waals surface area (Å²) in [6.07, 6.45) is 7.54. The number of ketones is 1. The van der Waals surface area contributed by atoms with Gasteiger partial charge >= 0.3 is 0 Å². The lowest BCUT2D eigenvalue weighted by molar-refractivity contribution is -0.119. The Bertz CT molecular complexity index is 1910. The van der Waals surface area contributed by atoms with Crippen molar-refractivity contribution in [1.82, 2.24) is 25.1 Å². The molecule has 3 N–H and O–H groups in total. The van der Waals surface area contributed by atoms with Crippen molar-refractivity contribution in [2.75, 3.05) is 5.32 Å². The van der Waals surface area contributed by atoms with E-state index in [1.165, 1.54) is 11.3 Å². The number of rotatable bonds is 6. The molecule has 1 aromatic carbocycles. The minimum absolute atomic E-state index is 0.0650. The van der Waals surface area contributed by atoms with Gasteiger partial charge in [-0.3, -0.25) is 19.7 Å². The standard InChI is InChI=1S/C31H26N6O2S/c1-17(38)27-11-12-28(40-27)21-7-4-8-24-22(21)14-26(34-24)30-29-25(36-37-30)10-9-23(35-29)19-13-20(16-32-15-19)33-31(39)18-5-2-3-6-18/h4,7-16,18,34H,2-3,5-6H2,1H3,(H,33,39)(H,36,37). The second-order valence-electron chi connectivity index (χ2n) is 10.3. The number of hydrogen-bond acceptors (Lipinski definition) is 6. The molecule has 1 fully saturated rings. The van der Waals surface area contributed by atoms with Crippen molar-refractivity contribution in [3.63, 3.8) is 0 Å². The lowest BCUT2D eigenvalue weighted by atomic mass is 10.1. The van der Waals surface area contributed by atoms with E-state index in [0.29, 0.717) is 11.4 Å². The minimum atomic E-state index is 0.0650. The number of benzene rings is 1. The van der Waals surface area contributed by atoms with Crippen LogP contribution in [0.4, 0.5) is 5.69 Å². The topological polar surface area (TPSA) is 116 Å². The second kappa shape index (κ2) is 9.84. The SMILES string of the molecule is CC(=O)c1ccc(-c2cccc3[nH]c(-c4n[nH]c5ccc(-c6cncc(NC(=O)C7CCCC7)c6)nc45)cc23)s1. The number of fused-ring (bicyclic) bond motifs is 2. The van der Waals surface area contributed by atoms with Crippen molar-refractivity contribution >= 4 is 50.7 Å². The molecule has 0 atom stereocenters. The van der Waals surface area contributed by atoms with Crippen LogP contribution in [0.5, 0.6) is 0 Å². The van der Waals surface area contributed by atoms with Crippen LogP contribution in [0.3, 0.4) is 0 Å². The van der Waals surface area contributed by atoms with Crippen LogP contribution in [0, 0.1) is 5.92 Å². The predicted octanol–water partition coefficient (Wildman–Crippen LogP) is 7.23. The molecule has 1 saturated carbocycles. The van der Waals surface area contributed by atoms with Crippen molar-refractivity contribution in [3.8, 4) is 33.1 Å². The second-order valence-corrected chi connectivity index (χ2v) is 11.4. The first-order valence-corrected chi connectivity index (χ1v) is 14.2. The van der Waals surface area contributed by atoms with Gasteiger partial charge in [-0.1, -0.05) is 25.0 Å². The maximum atomic E-state index is 12.6. The number of aromatic nitrogens is 5. The third kappa shape index (κ3) is 4.38. The summed E-state index contributed by atoms with van der Waals surface area (Å²) < 4.78 is 0. The van der Waals surface area contributed by atoms with Crippen LogP contribution < -0.4 is 5.32 Å². The Labute approximate surface area is 233 Å². The molecule has 0 saturated heterocycles. The van der Waals surface area contributed by atoms with Gasteiger partial charge in [-0.2, -0.15) is 5.10 Å². The first kappa shape index (κ1) is 24.4. The molecule has 0 unspecified atom stereocenters. The molecule has 0 bridgehead atoms. The molecule has 40 heavy (non-hydrogen) atoms. The fourth-order valence-corrected chi connectivity index (χ4v) is 6.44. The summed E-state index contributed by atoms with van der Waals surface area (Å²) in [7, 11) is 0. The number of Topliss-reactive ketones (excluding diaryl/α,β-unsaturated/α-hetero) is 1. The molecule has 1 amide bonds. The van der Waals surface area contributed by atoms with Gasteiger partial charge in [-0.25, -0.2) is 4.98 Å². The van der Waals surface area contributed by atoms with Crippen LogP contribution in [-0.2, 0) is 4.79 Å². The van der Waals surface area contributed by atoms with E-state index < -0.39 is 0 Å². The molecular formula is C31H26N6O2S. The zero-order valence-electron chi connectivity index (χ0n) is 21.8. The summed E-state index contributed by atoms with van der Waals surface area (Å²) in [5.41, 5.74) is 7.39. The van der Waals surface area contributed by atoms with Crippen LogP contribution in [0.25, 0.3) is 55.0 Å². The summed E-state index contributed by atoms with van der Waals surface area (Å²) in [6.45, 7) is 1.59. The van der Waals surface area contributed by atoms with Crippen LogP contribution in [-0.4, -0.2) is 36.8 Å². The van der Waals surface area contributed by atoms with Gasteiger partial charge in [-0.15, -0.1) is 11.3 Å². The number of carbonyl (C=O) groups excluding carboxylic acids is 2. The maximum Gasteiger partial charge on any atom is 0.227 e. The van der Waals surface area contributed by atoms with E-state index in [1.54, 1.807) is 19.3 Å². The van der Waals surface area contributed by atoms with Crippen LogP contribution in [0.1, 0.15) is 42.3 Å². The molecule has 8 nitrogen and oxygen atoms in total. The molecule has 1 aliphatic rings. The van der Waals surface area contributed by atoms with Crippen molar-refractivity contribution in [3.05, 3.63) is 71.9 Å². The van der Waals surface area contributed by atoms with E-state index in [0.717, 1.165) is 79.9 Å². The minimum Gasteiger partial charge on any atom is -0.353 e. The number of nitrogens with one attached hydrogen (secondary N) is 3. The van der Waals surface area contributed by atoms with Gasteiger partial charge in [0, 0.05) is 39.0 Å². The third-order valence-corrected chi connectivity index (χ3v) is 8.79. The average Bonchev–Trinajstić information content (AvgIpc) is 3.78. The first-order valence-electron chi connectivity index (χ1n) is 13.4. The smallest absolute Gasteiger partial charge is 0.227 e. The molecule has 0 aliphatic heterocycles. The number of hydrogen-bond donors (Lipinski definition) is 3. The number of H-pyrrole nitrogens is 2. The van der Waals surface area contributed by atoms with Crippen LogP contribution in [0.2, 0.25) is 0 Å². The van der Waals surface area contributed by atoms with E-state index in [2.05, 4.69) is 37.6 Å². The molecule has 9 heteroatoms. The summed E-state index contributed by atoms with van der Waals surface area (Å²) >= 11 is 1.50. The lowest BCUT2D eigenvalue weighted by Gasteiger charge is -2.11. The highest BCUT2D eigenvalue weighted by molar-refractivity contribution is 7.17. The summed E-state index contributed by atoms with van der Waals surface area (Å²) in [5, 5.41) is 11.8. The normalized spacial score (nSPS) is 13.8. The quantitative estimate of drug-likeness (QED) is 0.191. The average molecular weight is 547 g/mol. The largest absolute Gasteiger partial charge is 0.353 e. The molecule has 7 rings (SSSR count). The molecule has 0 spiro atoms. The van der Waals surface area contributed by atoms with Gasteiger partial charge < -0.3 is 10.3 Å². The molecule has 0 radical (unpaired) electrons. The van der Waals surface area contributed by atoms with Crippen molar-refractivity contribution < 1.29 is 9.59 Å². The van der Waals surface area contributed by atoms with E-state index in [-0.39, 0.29) is 17.6 Å². The van der Waals surface area contributed by atoms with Gasteiger partial charge in [0.25, 0.3) is 0 Å². The highest BCUT2D eigenvalue weighted by Gasteiger charge is 2.23. The predicted molar refractivity (Wildman–Crippen MR) is 158 cm³/mol. The Morgan fingerprint density at radius 2 is 1.88 bits per heavy atom. The Balaban J connectivity index is 1.24. The lowest BCUT2D eigenvalue weighted by Crippen LogP contribution is -2.20. The van der Waals surface area contributed by atoms with Crippen LogP contribution >= 0.6 is 11.3 Å². The number of nitrogens with zero attached hydrogens (tertiary/aromatic N) is 3. The third-order valence-electron chi connectivity index (χ3n) is 7.57. The highest BCUT2D eigenvalue weighted by atomic mass is 32.1. The number of aromatic amines is 2. The van der Waals surface area contributed by atoms with Gasteiger partial charge in [0.1, 0.15) is 11.2 Å². The van der Waals surface area contributed by atoms with Gasteiger partial charge in [-0.05, 0) is 62.2 Å². The van der Waals surface area contributed by atoms with Crippen molar-refractivity contribution in [2.45, 2.75) is 32.6 Å². The fourth-order valence-electron chi connectivity index (χ4n) is 5.50. The molecule has 198 valence electrons. The van der Waals surface area contributed by atoms with Crippen molar-refractivity contribution in [1.29, 1.82) is 0 Å². The number of anilines is 1. The van der Waals surface area contributed by atoms with E-state index >= 15 is 0 Å². The van der Waals surface area contributed by atoms with Crippen molar-refractivity contribution in [2.24, 2.45) is 5.92 Å². The Hall–Kier alpha value is -4.63. The van der Waals surface area contributed by atoms with E-state index in [9.17, 15) is 9.59 Å². The number of carbonyl (C=O) groups is 2. The van der Waals surface area contributed by atoms with E-state index in [1.807, 2.05) is 42.5 Å². The Kier molecular flexibility index (Phi) is 6.00. The fraction of sp³-hybridized carbons (Fsp3) is 0.194. The maximum absolute atomic E-state index is 12.6. The Morgan fingerprint density at radius 3 is 2.70 bits per heavy atom. The van der Waals surface area contributed by atoms with E-state index in [4.69, 9.17) is 4.98 Å². The highest BCUT2D eigenvalue weighted by Crippen LogP contribution is 2.37.